The maximum Gasteiger partial charge on any atom is 0.410 e. The fraction of sp³-hybridized carbons (Fsp3) is 0.621. The van der Waals surface area contributed by atoms with Crippen molar-refractivity contribution in [3.8, 4) is 5.75 Å². The van der Waals surface area contributed by atoms with Crippen molar-refractivity contribution in [2.75, 3.05) is 34.9 Å². The zero-order chi connectivity index (χ0) is 29.4. The third-order valence-electron chi connectivity index (χ3n) is 9.14. The van der Waals surface area contributed by atoms with Crippen LogP contribution in [0.5, 0.6) is 5.75 Å². The summed E-state index contributed by atoms with van der Waals surface area (Å²) in [6.45, 7) is 2.30. The van der Waals surface area contributed by atoms with Gasteiger partial charge in [0, 0.05) is 50.7 Å². The molecule has 1 aromatic carbocycles. The maximum atomic E-state index is 13.7. The monoisotopic (exact) mass is 587 g/mol. The quantitative estimate of drug-likeness (QED) is 0.416. The number of nitrogens with zero attached hydrogens (tertiary/aromatic N) is 5. The van der Waals surface area contributed by atoms with Gasteiger partial charge in [0.25, 0.3) is 10.2 Å². The van der Waals surface area contributed by atoms with Crippen LogP contribution >= 0.6 is 0 Å². The summed E-state index contributed by atoms with van der Waals surface area (Å²) in [5.41, 5.74) is 1.99. The molecule has 1 aromatic heterocycles. The lowest BCUT2D eigenvalue weighted by molar-refractivity contribution is -0.0155. The molecule has 3 fully saturated rings. The predicted molar refractivity (Wildman–Crippen MR) is 152 cm³/mol. The summed E-state index contributed by atoms with van der Waals surface area (Å²) in [5.74, 6) is 1.19. The van der Waals surface area contributed by atoms with Crippen LogP contribution in [0, 0.1) is 5.92 Å². The van der Waals surface area contributed by atoms with Gasteiger partial charge >= 0.3 is 6.09 Å². The Bertz CT molecular complexity index is 1310. The van der Waals surface area contributed by atoms with Gasteiger partial charge < -0.3 is 14.2 Å². The topological polar surface area (TPSA) is 114 Å². The molecule has 6 atom stereocenters. The average molecular weight is 588 g/mol. The van der Waals surface area contributed by atoms with Gasteiger partial charge in [-0.3, -0.25) is 14.9 Å². The number of hydrogen-bond donors (Lipinski definition) is 0. The standard InChI is InChI=1S/C29H41N5O6S/c1-20-14-25(33(41(36,37)32(2)3)18-21-6-8-23(38-4)9-7-21)26(34(20)28(35)39-5)19-40-24-10-11-29(16-22(29)15-24)27-17-30-12-13-31-27/h6-9,12-13,17,20,22,24-26H,10-11,14-16,18-19H2,1-5H3/t20-,22?,24?,25+,26+,29?/m1/s1. The highest BCUT2D eigenvalue weighted by Gasteiger charge is 2.59. The van der Waals surface area contributed by atoms with Crippen LogP contribution in [0.2, 0.25) is 0 Å². The molecular formula is C29H41N5O6S. The highest BCUT2D eigenvalue weighted by Crippen LogP contribution is 2.62. The number of amides is 1. The molecule has 1 saturated heterocycles. The molecule has 11 nitrogen and oxygen atoms in total. The van der Waals surface area contributed by atoms with Gasteiger partial charge in [0.15, 0.2) is 0 Å². The van der Waals surface area contributed by atoms with E-state index in [2.05, 4.69) is 9.97 Å². The van der Waals surface area contributed by atoms with Gasteiger partial charge in [0.2, 0.25) is 0 Å². The number of methoxy groups -OCH3 is 2. The Labute approximate surface area is 243 Å². The Hall–Kier alpha value is -2.80. The molecule has 3 aliphatic rings. The molecule has 2 aromatic rings. The predicted octanol–water partition coefficient (Wildman–Crippen LogP) is 3.22. The van der Waals surface area contributed by atoms with E-state index in [0.29, 0.717) is 18.1 Å². The summed E-state index contributed by atoms with van der Waals surface area (Å²) >= 11 is 0. The van der Waals surface area contributed by atoms with Gasteiger partial charge in [-0.1, -0.05) is 12.1 Å². The van der Waals surface area contributed by atoms with Crippen molar-refractivity contribution in [2.24, 2.45) is 5.92 Å². The van der Waals surface area contributed by atoms with E-state index in [1.807, 2.05) is 37.4 Å². The number of fused-ring (bicyclic) bond motifs is 1. The molecular weight excluding hydrogens is 546 g/mol. The van der Waals surface area contributed by atoms with Gasteiger partial charge in [-0.15, -0.1) is 0 Å². The highest BCUT2D eigenvalue weighted by molar-refractivity contribution is 7.86. The second-order valence-corrected chi connectivity index (χ2v) is 13.8. The van der Waals surface area contributed by atoms with Crippen LogP contribution in [0.25, 0.3) is 0 Å². The summed E-state index contributed by atoms with van der Waals surface area (Å²) in [6.07, 6.45) is 9.20. The summed E-state index contributed by atoms with van der Waals surface area (Å²) in [6, 6.07) is 6.13. The lowest BCUT2D eigenvalue weighted by atomic mass is 9.84. The Balaban J connectivity index is 1.36. The van der Waals surface area contributed by atoms with Crippen molar-refractivity contribution in [1.82, 2.24) is 23.5 Å². The number of benzene rings is 1. The van der Waals surface area contributed by atoms with E-state index in [-0.39, 0.29) is 30.7 Å². The summed E-state index contributed by atoms with van der Waals surface area (Å²) in [4.78, 5) is 23.5. The molecule has 0 N–H and O–H groups in total. The first-order valence-corrected chi connectivity index (χ1v) is 15.6. The summed E-state index contributed by atoms with van der Waals surface area (Å²) < 4.78 is 47.1. The van der Waals surface area contributed by atoms with Crippen molar-refractivity contribution >= 4 is 16.3 Å². The molecule has 2 saturated carbocycles. The van der Waals surface area contributed by atoms with Gasteiger partial charge in [-0.2, -0.15) is 17.0 Å². The molecule has 1 amide bonds. The molecule has 12 heteroatoms. The SMILES string of the molecule is COC(=O)N1[C@H](C)C[C@H](N(Cc2ccc(OC)cc2)S(=O)(=O)N(C)C)[C@@H]1COC1CCC2(c3cnccn3)CC2C1. The van der Waals surface area contributed by atoms with Gasteiger partial charge in [-0.05, 0) is 62.6 Å². The van der Waals surface area contributed by atoms with Crippen molar-refractivity contribution in [3.05, 3.63) is 54.1 Å². The van der Waals surface area contributed by atoms with Crippen LogP contribution in [-0.4, -0.2) is 97.1 Å². The molecule has 2 heterocycles. The molecule has 5 rings (SSSR count). The van der Waals surface area contributed by atoms with Crippen molar-refractivity contribution < 1.29 is 27.4 Å². The number of rotatable bonds is 10. The second kappa shape index (κ2) is 11.8. The average Bonchev–Trinajstić information content (AvgIpc) is 3.63. The van der Waals surface area contributed by atoms with Crippen LogP contribution in [0.4, 0.5) is 4.79 Å². The van der Waals surface area contributed by atoms with Crippen LogP contribution in [0.1, 0.15) is 50.3 Å². The van der Waals surface area contributed by atoms with Crippen molar-refractivity contribution in [2.45, 2.75) is 75.2 Å². The van der Waals surface area contributed by atoms with E-state index in [0.717, 1.165) is 36.9 Å². The molecule has 0 bridgehead atoms. The molecule has 1 aliphatic heterocycles. The first kappa shape index (κ1) is 29.7. The third kappa shape index (κ3) is 5.79. The van der Waals surface area contributed by atoms with E-state index in [4.69, 9.17) is 14.2 Å². The Morgan fingerprint density at radius 3 is 2.51 bits per heavy atom. The van der Waals surface area contributed by atoms with E-state index < -0.39 is 28.4 Å². The van der Waals surface area contributed by atoms with Crippen molar-refractivity contribution in [1.29, 1.82) is 0 Å². The van der Waals surface area contributed by atoms with Crippen LogP contribution in [0.15, 0.2) is 42.9 Å². The number of carbonyl (C=O) groups is 1. The van der Waals surface area contributed by atoms with Gasteiger partial charge in [-0.25, -0.2) is 4.79 Å². The molecule has 2 aliphatic carbocycles. The zero-order valence-corrected chi connectivity index (χ0v) is 25.3. The van der Waals surface area contributed by atoms with E-state index in [1.165, 1.54) is 29.8 Å². The Kier molecular flexibility index (Phi) is 8.56. The van der Waals surface area contributed by atoms with Gasteiger partial charge in [0.05, 0.1) is 44.7 Å². The van der Waals surface area contributed by atoms with E-state index >= 15 is 0 Å². The number of ether oxygens (including phenoxy) is 3. The minimum absolute atomic E-state index is 0.0313. The van der Waals surface area contributed by atoms with Crippen LogP contribution < -0.4 is 4.74 Å². The largest absolute Gasteiger partial charge is 0.497 e. The lowest BCUT2D eigenvalue weighted by Crippen LogP contribution is -2.54. The third-order valence-corrected chi connectivity index (χ3v) is 11.1. The number of hydrogen-bond acceptors (Lipinski definition) is 8. The number of likely N-dealkylation sites (tertiary alicyclic amines) is 1. The van der Waals surface area contributed by atoms with E-state index in [9.17, 15) is 13.2 Å². The highest BCUT2D eigenvalue weighted by atomic mass is 32.2. The molecule has 0 spiro atoms. The Morgan fingerprint density at radius 2 is 1.90 bits per heavy atom. The van der Waals surface area contributed by atoms with Crippen LogP contribution in [0.3, 0.4) is 0 Å². The maximum absolute atomic E-state index is 13.7. The Morgan fingerprint density at radius 1 is 1.15 bits per heavy atom. The number of carbonyl (C=O) groups excluding carboxylic acids is 1. The molecule has 0 radical (unpaired) electrons. The summed E-state index contributed by atoms with van der Waals surface area (Å²) in [7, 11) is 2.16. The first-order chi connectivity index (χ1) is 19.6. The number of aromatic nitrogens is 2. The van der Waals surface area contributed by atoms with E-state index in [1.54, 1.807) is 24.4 Å². The molecule has 41 heavy (non-hydrogen) atoms. The second-order valence-electron chi connectivity index (χ2n) is 11.7. The van der Waals surface area contributed by atoms with Gasteiger partial charge in [0.1, 0.15) is 5.75 Å². The fourth-order valence-corrected chi connectivity index (χ4v) is 8.08. The first-order valence-electron chi connectivity index (χ1n) is 14.2. The minimum atomic E-state index is -3.84. The minimum Gasteiger partial charge on any atom is -0.497 e. The summed E-state index contributed by atoms with van der Waals surface area (Å²) in [5, 5.41) is 0. The van der Waals surface area contributed by atoms with Crippen molar-refractivity contribution in [3.63, 3.8) is 0 Å². The smallest absolute Gasteiger partial charge is 0.410 e. The zero-order valence-electron chi connectivity index (χ0n) is 24.5. The molecule has 224 valence electrons. The normalized spacial score (nSPS) is 29.4. The molecule has 3 unspecified atom stereocenters. The lowest BCUT2D eigenvalue weighted by Gasteiger charge is -2.37. The van der Waals surface area contributed by atoms with Crippen LogP contribution in [-0.2, 0) is 31.6 Å². The fourth-order valence-electron chi connectivity index (χ4n) is 6.78.